The van der Waals surface area contributed by atoms with Gasteiger partial charge >= 0.3 is 0 Å². The molecule has 1 aromatic carbocycles. The van der Waals surface area contributed by atoms with Gasteiger partial charge in [0.2, 0.25) is 6.39 Å². The van der Waals surface area contributed by atoms with Gasteiger partial charge in [0.15, 0.2) is 5.82 Å². The van der Waals surface area contributed by atoms with E-state index >= 15 is 0 Å². The molecule has 1 atom stereocenters. The number of benzene rings is 1. The van der Waals surface area contributed by atoms with Crippen LogP contribution in [-0.2, 0) is 0 Å². The summed E-state index contributed by atoms with van der Waals surface area (Å²) in [6.45, 7) is 5.65. The number of nitrogens with one attached hydrogen (secondary N) is 1. The molecule has 1 heterocycles. The third-order valence-electron chi connectivity index (χ3n) is 2.82. The third-order valence-corrected chi connectivity index (χ3v) is 2.82. The zero-order chi connectivity index (χ0) is 13.1. The van der Waals surface area contributed by atoms with Gasteiger partial charge in [-0.25, -0.2) is 0 Å². The highest BCUT2D eigenvalue weighted by Crippen LogP contribution is 2.15. The van der Waals surface area contributed by atoms with Crippen LogP contribution in [-0.4, -0.2) is 16.0 Å². The highest BCUT2D eigenvalue weighted by Gasteiger charge is 2.17. The molecule has 0 saturated heterocycles. The summed E-state index contributed by atoms with van der Waals surface area (Å²) in [6, 6.07) is 5.49. The van der Waals surface area contributed by atoms with Gasteiger partial charge in [-0.1, -0.05) is 23.4 Å². The summed E-state index contributed by atoms with van der Waals surface area (Å²) >= 11 is 0. The Morgan fingerprint density at radius 3 is 2.56 bits per heavy atom. The molecule has 1 amide bonds. The van der Waals surface area contributed by atoms with Gasteiger partial charge in [0.05, 0.1) is 6.04 Å². The van der Waals surface area contributed by atoms with E-state index < -0.39 is 0 Å². The second-order valence-electron chi connectivity index (χ2n) is 4.25. The number of carbonyl (C=O) groups excluding carboxylic acids is 1. The molecule has 0 aliphatic heterocycles. The van der Waals surface area contributed by atoms with Crippen molar-refractivity contribution < 1.29 is 9.32 Å². The van der Waals surface area contributed by atoms with Gasteiger partial charge in [0.25, 0.3) is 5.91 Å². The average molecular weight is 245 g/mol. The minimum atomic E-state index is -0.282. The molecule has 18 heavy (non-hydrogen) atoms. The fraction of sp³-hybridized carbons (Fsp3) is 0.308. The number of carbonyl (C=O) groups is 1. The van der Waals surface area contributed by atoms with Crippen molar-refractivity contribution in [1.29, 1.82) is 0 Å². The predicted molar refractivity (Wildman–Crippen MR) is 66.1 cm³/mol. The van der Waals surface area contributed by atoms with Crippen LogP contribution in [0, 0.1) is 13.8 Å². The van der Waals surface area contributed by atoms with Crippen LogP contribution in [0.4, 0.5) is 0 Å². The van der Waals surface area contributed by atoms with Crippen LogP contribution in [0.2, 0.25) is 0 Å². The topological polar surface area (TPSA) is 68.0 Å². The van der Waals surface area contributed by atoms with E-state index in [1.807, 2.05) is 39.0 Å². The van der Waals surface area contributed by atoms with E-state index in [-0.39, 0.29) is 11.9 Å². The summed E-state index contributed by atoms with van der Waals surface area (Å²) in [4.78, 5) is 16.1. The van der Waals surface area contributed by atoms with Crippen LogP contribution >= 0.6 is 0 Å². The monoisotopic (exact) mass is 245 g/mol. The van der Waals surface area contributed by atoms with Gasteiger partial charge in [-0.05, 0) is 31.9 Å². The number of aromatic nitrogens is 2. The number of rotatable bonds is 3. The number of amides is 1. The lowest BCUT2D eigenvalue weighted by molar-refractivity contribution is 0.0936. The maximum atomic E-state index is 12.2. The molecule has 0 unspecified atom stereocenters. The summed E-state index contributed by atoms with van der Waals surface area (Å²) < 4.78 is 4.66. The van der Waals surface area contributed by atoms with Crippen LogP contribution in [0.25, 0.3) is 0 Å². The summed E-state index contributed by atoms with van der Waals surface area (Å²) in [7, 11) is 0. The molecule has 1 aromatic heterocycles. The molecule has 0 saturated carbocycles. The molecule has 5 heteroatoms. The molecular weight excluding hydrogens is 230 g/mol. The first-order chi connectivity index (χ1) is 8.59. The van der Waals surface area contributed by atoms with E-state index in [0.717, 1.165) is 11.1 Å². The van der Waals surface area contributed by atoms with Crippen molar-refractivity contribution in [2.75, 3.05) is 0 Å². The fourth-order valence-corrected chi connectivity index (χ4v) is 1.88. The van der Waals surface area contributed by atoms with Gasteiger partial charge in [-0.15, -0.1) is 0 Å². The van der Waals surface area contributed by atoms with Gasteiger partial charge < -0.3 is 9.84 Å². The van der Waals surface area contributed by atoms with E-state index in [0.29, 0.717) is 11.4 Å². The SMILES string of the molecule is Cc1cccc(C)c1C(=O)N[C@@H](C)c1ncon1. The van der Waals surface area contributed by atoms with Crippen molar-refractivity contribution >= 4 is 5.91 Å². The molecular formula is C13H15N3O2. The molecule has 5 nitrogen and oxygen atoms in total. The lowest BCUT2D eigenvalue weighted by Gasteiger charge is -2.13. The second kappa shape index (κ2) is 5.00. The zero-order valence-electron chi connectivity index (χ0n) is 10.6. The average Bonchev–Trinajstić information content (AvgIpc) is 2.81. The highest BCUT2D eigenvalue weighted by atomic mass is 16.5. The first-order valence-corrected chi connectivity index (χ1v) is 5.73. The standard InChI is InChI=1S/C13H15N3O2/c1-8-5-4-6-9(2)11(8)13(17)15-10(3)12-14-7-18-16-12/h4-7,10H,1-3H3,(H,15,17)/t10-/m0/s1. The number of hydrogen-bond acceptors (Lipinski definition) is 4. The Morgan fingerprint density at radius 2 is 2.00 bits per heavy atom. The van der Waals surface area contributed by atoms with Crippen molar-refractivity contribution in [3.05, 3.63) is 47.1 Å². The summed E-state index contributed by atoms with van der Waals surface area (Å²) in [5, 5.41) is 6.56. The Morgan fingerprint density at radius 1 is 1.33 bits per heavy atom. The first kappa shape index (κ1) is 12.3. The molecule has 1 N–H and O–H groups in total. The lowest BCUT2D eigenvalue weighted by atomic mass is 10.0. The molecule has 0 aliphatic carbocycles. The van der Waals surface area contributed by atoms with Gasteiger partial charge in [0, 0.05) is 5.56 Å². The normalized spacial score (nSPS) is 12.2. The molecule has 2 aromatic rings. The largest absolute Gasteiger partial charge is 0.343 e. The van der Waals surface area contributed by atoms with Crippen LogP contribution < -0.4 is 5.32 Å². The lowest BCUT2D eigenvalue weighted by Crippen LogP contribution is -2.28. The Hall–Kier alpha value is -2.17. The highest BCUT2D eigenvalue weighted by molar-refractivity contribution is 5.97. The Labute approximate surface area is 105 Å². The molecule has 2 rings (SSSR count). The van der Waals surface area contributed by atoms with Crippen molar-refractivity contribution in [1.82, 2.24) is 15.5 Å². The van der Waals surface area contributed by atoms with Crippen molar-refractivity contribution in [2.24, 2.45) is 0 Å². The van der Waals surface area contributed by atoms with E-state index in [9.17, 15) is 4.79 Å². The quantitative estimate of drug-likeness (QED) is 0.899. The van der Waals surface area contributed by atoms with Crippen LogP contribution in [0.5, 0.6) is 0 Å². The maximum absolute atomic E-state index is 12.2. The Balaban J connectivity index is 2.18. The van der Waals surface area contributed by atoms with Gasteiger partial charge in [0.1, 0.15) is 0 Å². The molecule has 94 valence electrons. The Bertz CT molecular complexity index is 529. The minimum Gasteiger partial charge on any atom is -0.343 e. The minimum absolute atomic E-state index is 0.122. The van der Waals surface area contributed by atoms with Gasteiger partial charge in [-0.2, -0.15) is 4.98 Å². The summed E-state index contributed by atoms with van der Waals surface area (Å²) in [5.74, 6) is 0.345. The van der Waals surface area contributed by atoms with Crippen molar-refractivity contribution in [2.45, 2.75) is 26.8 Å². The van der Waals surface area contributed by atoms with E-state index in [1.54, 1.807) is 0 Å². The summed E-state index contributed by atoms with van der Waals surface area (Å²) in [5.41, 5.74) is 2.61. The third kappa shape index (κ3) is 2.40. The van der Waals surface area contributed by atoms with Crippen LogP contribution in [0.3, 0.4) is 0 Å². The summed E-state index contributed by atoms with van der Waals surface area (Å²) in [6.07, 6.45) is 1.25. The number of hydrogen-bond donors (Lipinski definition) is 1. The first-order valence-electron chi connectivity index (χ1n) is 5.73. The smallest absolute Gasteiger partial charge is 0.252 e. The van der Waals surface area contributed by atoms with Crippen molar-refractivity contribution in [3.63, 3.8) is 0 Å². The Kier molecular flexibility index (Phi) is 3.41. The van der Waals surface area contributed by atoms with Crippen molar-refractivity contribution in [3.8, 4) is 0 Å². The number of nitrogens with zero attached hydrogens (tertiary/aromatic N) is 2. The second-order valence-corrected chi connectivity index (χ2v) is 4.25. The molecule has 0 bridgehead atoms. The molecule has 0 aliphatic rings. The van der Waals surface area contributed by atoms with E-state index in [1.165, 1.54) is 6.39 Å². The van der Waals surface area contributed by atoms with Crippen LogP contribution in [0.1, 0.15) is 40.3 Å². The molecule has 0 fully saturated rings. The molecule has 0 spiro atoms. The predicted octanol–water partition coefficient (Wildman–Crippen LogP) is 2.18. The van der Waals surface area contributed by atoms with Crippen LogP contribution in [0.15, 0.2) is 29.1 Å². The van der Waals surface area contributed by atoms with E-state index in [2.05, 4.69) is 20.0 Å². The zero-order valence-corrected chi connectivity index (χ0v) is 10.6. The maximum Gasteiger partial charge on any atom is 0.252 e. The molecule has 0 radical (unpaired) electrons. The number of aryl methyl sites for hydroxylation is 2. The van der Waals surface area contributed by atoms with Gasteiger partial charge in [-0.3, -0.25) is 4.79 Å². The van der Waals surface area contributed by atoms with E-state index in [4.69, 9.17) is 0 Å². The fourth-order valence-electron chi connectivity index (χ4n) is 1.88.